The van der Waals surface area contributed by atoms with Crippen LogP contribution in [0.2, 0.25) is 5.02 Å². The molecule has 0 aliphatic rings. The molecule has 4 heteroatoms. The highest BCUT2D eigenvalue weighted by Crippen LogP contribution is 2.39. The zero-order chi connectivity index (χ0) is 14.8. The van der Waals surface area contributed by atoms with E-state index in [0.717, 1.165) is 22.0 Å². The van der Waals surface area contributed by atoms with Crippen LogP contribution in [0.25, 0.3) is 0 Å². The molecular formula is C15H23BrClNO. The van der Waals surface area contributed by atoms with Crippen LogP contribution in [0.4, 0.5) is 0 Å². The summed E-state index contributed by atoms with van der Waals surface area (Å²) in [5.74, 6) is 0.310. The number of benzene rings is 1. The molecule has 2 nitrogen and oxygen atoms in total. The van der Waals surface area contributed by atoms with Crippen molar-refractivity contribution in [2.24, 2.45) is 17.6 Å². The smallest absolute Gasteiger partial charge is 0.0551 e. The Morgan fingerprint density at radius 3 is 2.42 bits per heavy atom. The third-order valence-corrected chi connectivity index (χ3v) is 5.21. The molecule has 0 heterocycles. The van der Waals surface area contributed by atoms with Crippen LogP contribution in [0, 0.1) is 18.8 Å². The van der Waals surface area contributed by atoms with Gasteiger partial charge in [0.1, 0.15) is 0 Å². The molecule has 3 N–H and O–H groups in total. The van der Waals surface area contributed by atoms with Gasteiger partial charge in [-0.1, -0.05) is 32.4 Å². The Kier molecular flexibility index (Phi) is 5.87. The third-order valence-electron chi connectivity index (χ3n) is 4.02. The van der Waals surface area contributed by atoms with Gasteiger partial charge >= 0.3 is 0 Å². The average molecular weight is 349 g/mol. The molecule has 0 radical (unpaired) electrons. The largest absolute Gasteiger partial charge is 0.396 e. The number of halogens is 2. The maximum atomic E-state index is 9.72. The number of hydrogen-bond donors (Lipinski definition) is 2. The van der Waals surface area contributed by atoms with Crippen LogP contribution in [0.1, 0.15) is 38.3 Å². The third kappa shape index (κ3) is 3.33. The van der Waals surface area contributed by atoms with Gasteiger partial charge in [-0.05, 0) is 58.5 Å². The Hall–Kier alpha value is -0.0900. The minimum absolute atomic E-state index is 0.00782. The van der Waals surface area contributed by atoms with Crippen LogP contribution >= 0.6 is 27.5 Å². The maximum absolute atomic E-state index is 9.72. The standard InChI is InChI=1S/C15H23BrClNO/c1-5-15(18,12(8-19)9(2)3)11-7-14(17)13(16)6-10(11)4/h6-7,9,12,19H,5,8,18H2,1-4H3/t12?,15-/m0/s1. The van der Waals surface area contributed by atoms with E-state index in [2.05, 4.69) is 36.7 Å². The normalized spacial score (nSPS) is 16.5. The number of aryl methyl sites for hydroxylation is 1. The van der Waals surface area contributed by atoms with E-state index >= 15 is 0 Å². The molecule has 0 saturated heterocycles. The fraction of sp³-hybridized carbons (Fsp3) is 0.600. The first kappa shape index (κ1) is 17.0. The molecule has 0 aromatic heterocycles. The lowest BCUT2D eigenvalue weighted by molar-refractivity contribution is 0.107. The van der Waals surface area contributed by atoms with Gasteiger partial charge in [0, 0.05) is 22.5 Å². The maximum Gasteiger partial charge on any atom is 0.0551 e. The Morgan fingerprint density at radius 2 is 2.00 bits per heavy atom. The van der Waals surface area contributed by atoms with Crippen molar-refractivity contribution in [2.75, 3.05) is 6.61 Å². The van der Waals surface area contributed by atoms with Crippen molar-refractivity contribution in [3.05, 3.63) is 32.8 Å². The number of aliphatic hydroxyl groups is 1. The molecule has 0 aliphatic heterocycles. The topological polar surface area (TPSA) is 46.2 Å². The number of nitrogens with two attached hydrogens (primary N) is 1. The highest BCUT2D eigenvalue weighted by atomic mass is 79.9. The Bertz CT molecular complexity index is 450. The summed E-state index contributed by atoms with van der Waals surface area (Å²) in [7, 11) is 0. The molecule has 1 unspecified atom stereocenters. The molecule has 0 aliphatic carbocycles. The summed E-state index contributed by atoms with van der Waals surface area (Å²) >= 11 is 9.64. The van der Waals surface area contributed by atoms with Crippen molar-refractivity contribution in [1.29, 1.82) is 0 Å². The van der Waals surface area contributed by atoms with Crippen LogP contribution in [-0.4, -0.2) is 11.7 Å². The fourth-order valence-electron chi connectivity index (χ4n) is 2.77. The molecule has 108 valence electrons. The van der Waals surface area contributed by atoms with E-state index in [-0.39, 0.29) is 12.5 Å². The first-order valence-corrected chi connectivity index (χ1v) is 7.80. The quantitative estimate of drug-likeness (QED) is 0.836. The Balaban J connectivity index is 3.40. The predicted molar refractivity (Wildman–Crippen MR) is 85.5 cm³/mol. The van der Waals surface area contributed by atoms with Gasteiger partial charge in [-0.25, -0.2) is 0 Å². The number of aliphatic hydroxyl groups excluding tert-OH is 1. The Morgan fingerprint density at radius 1 is 1.42 bits per heavy atom. The molecule has 0 spiro atoms. The van der Waals surface area contributed by atoms with Gasteiger partial charge in [-0.15, -0.1) is 0 Å². The average Bonchev–Trinajstić information content (AvgIpc) is 2.33. The van der Waals surface area contributed by atoms with Crippen molar-refractivity contribution in [3.63, 3.8) is 0 Å². The molecule has 19 heavy (non-hydrogen) atoms. The molecule has 0 amide bonds. The van der Waals surface area contributed by atoms with Crippen molar-refractivity contribution >= 4 is 27.5 Å². The Labute approximate surface area is 129 Å². The predicted octanol–water partition coefficient (Wildman–Crippen LogP) is 4.24. The minimum Gasteiger partial charge on any atom is -0.396 e. The van der Waals surface area contributed by atoms with Gasteiger partial charge in [0.2, 0.25) is 0 Å². The summed E-state index contributed by atoms with van der Waals surface area (Å²) in [5, 5.41) is 10.4. The van der Waals surface area contributed by atoms with Gasteiger partial charge in [-0.2, -0.15) is 0 Å². The van der Waals surface area contributed by atoms with Gasteiger partial charge in [-0.3, -0.25) is 0 Å². The van der Waals surface area contributed by atoms with E-state index in [1.54, 1.807) is 0 Å². The molecular weight excluding hydrogens is 326 g/mol. The van der Waals surface area contributed by atoms with Crippen molar-refractivity contribution in [2.45, 2.75) is 39.7 Å². The van der Waals surface area contributed by atoms with Gasteiger partial charge in [0.15, 0.2) is 0 Å². The molecule has 1 rings (SSSR count). The fourth-order valence-corrected chi connectivity index (χ4v) is 3.39. The monoisotopic (exact) mass is 347 g/mol. The SMILES string of the molecule is CC[C@](N)(c1cc(Cl)c(Br)cc1C)C(CO)C(C)C. The second-order valence-corrected chi connectivity index (χ2v) is 6.77. The highest BCUT2D eigenvalue weighted by Gasteiger charge is 2.37. The molecule has 1 aromatic carbocycles. The zero-order valence-electron chi connectivity index (χ0n) is 12.0. The summed E-state index contributed by atoms with van der Waals surface area (Å²) in [5.41, 5.74) is 8.22. The minimum atomic E-state index is -0.558. The van der Waals surface area contributed by atoms with E-state index in [9.17, 15) is 5.11 Å². The zero-order valence-corrected chi connectivity index (χ0v) is 14.3. The summed E-state index contributed by atoms with van der Waals surface area (Å²) in [6.07, 6.45) is 0.759. The van der Waals surface area contributed by atoms with E-state index in [1.807, 2.05) is 19.1 Å². The number of rotatable bonds is 5. The number of hydrogen-bond acceptors (Lipinski definition) is 2. The van der Waals surface area contributed by atoms with Crippen LogP contribution in [-0.2, 0) is 5.54 Å². The van der Waals surface area contributed by atoms with Crippen molar-refractivity contribution < 1.29 is 5.11 Å². The second kappa shape index (κ2) is 6.57. The molecule has 1 aromatic rings. The van der Waals surface area contributed by atoms with Gasteiger partial charge in [0.25, 0.3) is 0 Å². The van der Waals surface area contributed by atoms with Crippen LogP contribution in [0.3, 0.4) is 0 Å². The first-order valence-electron chi connectivity index (χ1n) is 6.63. The summed E-state index contributed by atoms with van der Waals surface area (Å²) < 4.78 is 0.874. The summed E-state index contributed by atoms with van der Waals surface area (Å²) in [4.78, 5) is 0. The summed E-state index contributed by atoms with van der Waals surface area (Å²) in [6.45, 7) is 8.35. The van der Waals surface area contributed by atoms with Crippen molar-refractivity contribution in [1.82, 2.24) is 0 Å². The molecule has 0 saturated carbocycles. The lowest BCUT2D eigenvalue weighted by Gasteiger charge is -2.40. The molecule has 0 fully saturated rings. The van der Waals surface area contributed by atoms with Crippen LogP contribution in [0.5, 0.6) is 0 Å². The van der Waals surface area contributed by atoms with Crippen molar-refractivity contribution in [3.8, 4) is 0 Å². The first-order chi connectivity index (χ1) is 8.77. The highest BCUT2D eigenvalue weighted by molar-refractivity contribution is 9.10. The second-order valence-electron chi connectivity index (χ2n) is 5.51. The van der Waals surface area contributed by atoms with E-state index in [4.69, 9.17) is 17.3 Å². The van der Waals surface area contributed by atoms with Gasteiger partial charge < -0.3 is 10.8 Å². The lowest BCUT2D eigenvalue weighted by atomic mass is 9.71. The molecule has 0 bridgehead atoms. The summed E-state index contributed by atoms with van der Waals surface area (Å²) in [6, 6.07) is 3.92. The van der Waals surface area contributed by atoms with E-state index < -0.39 is 5.54 Å². The van der Waals surface area contributed by atoms with Crippen LogP contribution in [0.15, 0.2) is 16.6 Å². The van der Waals surface area contributed by atoms with Gasteiger partial charge in [0.05, 0.1) is 5.02 Å². The van der Waals surface area contributed by atoms with Crippen LogP contribution < -0.4 is 5.73 Å². The van der Waals surface area contributed by atoms with E-state index in [0.29, 0.717) is 10.9 Å². The lowest BCUT2D eigenvalue weighted by Crippen LogP contribution is -2.48. The van der Waals surface area contributed by atoms with E-state index in [1.165, 1.54) is 0 Å². The molecule has 2 atom stereocenters.